The van der Waals surface area contributed by atoms with E-state index in [0.29, 0.717) is 57.1 Å². The van der Waals surface area contributed by atoms with E-state index in [4.69, 9.17) is 16.3 Å². The Hall–Kier alpha value is -1.59. The van der Waals surface area contributed by atoms with Crippen LogP contribution in [0, 0.1) is 5.41 Å². The maximum Gasteiger partial charge on any atom is 0.238 e. The Morgan fingerprint density at radius 2 is 2.00 bits per heavy atom. The highest BCUT2D eigenvalue weighted by Crippen LogP contribution is 2.47. The van der Waals surface area contributed by atoms with Gasteiger partial charge in [-0.25, -0.2) is 0 Å². The second-order valence-corrected chi connectivity index (χ2v) is 6.56. The molecule has 0 radical (unpaired) electrons. The highest BCUT2D eigenvalue weighted by molar-refractivity contribution is 6.30. The summed E-state index contributed by atoms with van der Waals surface area (Å²) in [7, 11) is 0. The Kier molecular flexibility index (Phi) is 4.87. The number of nitrogens with zero attached hydrogens (tertiary/aromatic N) is 1. The molecule has 0 atom stereocenters. The van der Waals surface area contributed by atoms with E-state index in [9.17, 15) is 9.59 Å². The van der Waals surface area contributed by atoms with Crippen LogP contribution in [0.2, 0.25) is 5.02 Å². The van der Waals surface area contributed by atoms with Crippen LogP contribution < -0.4 is 5.32 Å². The zero-order valence-corrected chi connectivity index (χ0v) is 13.8. The van der Waals surface area contributed by atoms with Gasteiger partial charge in [0.1, 0.15) is 5.41 Å². The minimum atomic E-state index is -0.828. The Morgan fingerprint density at radius 1 is 1.26 bits per heavy atom. The van der Waals surface area contributed by atoms with E-state index in [-0.39, 0.29) is 11.8 Å². The fraction of sp³-hybridized carbons (Fsp3) is 0.529. The molecule has 0 aromatic heterocycles. The largest absolute Gasteiger partial charge is 0.378 e. The van der Waals surface area contributed by atoms with Crippen molar-refractivity contribution in [2.24, 2.45) is 5.41 Å². The van der Waals surface area contributed by atoms with Crippen LogP contribution in [0.3, 0.4) is 0 Å². The van der Waals surface area contributed by atoms with E-state index in [2.05, 4.69) is 5.32 Å². The first-order chi connectivity index (χ1) is 11.1. The lowest BCUT2D eigenvalue weighted by Crippen LogP contribution is -2.49. The minimum Gasteiger partial charge on any atom is -0.378 e. The molecule has 5 nitrogen and oxygen atoms in total. The maximum atomic E-state index is 12.6. The van der Waals surface area contributed by atoms with Gasteiger partial charge in [0.15, 0.2) is 0 Å². The molecular weight excluding hydrogens is 316 g/mol. The van der Waals surface area contributed by atoms with Crippen molar-refractivity contribution in [1.29, 1.82) is 0 Å². The van der Waals surface area contributed by atoms with Crippen molar-refractivity contribution in [3.8, 4) is 0 Å². The van der Waals surface area contributed by atoms with Crippen LogP contribution in [0.1, 0.15) is 18.4 Å². The van der Waals surface area contributed by atoms with Crippen molar-refractivity contribution in [3.05, 3.63) is 34.9 Å². The van der Waals surface area contributed by atoms with Gasteiger partial charge in [0.25, 0.3) is 0 Å². The Balaban J connectivity index is 1.52. The summed E-state index contributed by atoms with van der Waals surface area (Å²) in [5.41, 5.74) is 0.244. The summed E-state index contributed by atoms with van der Waals surface area (Å²) >= 11 is 5.95. The molecule has 0 spiro atoms. The predicted molar refractivity (Wildman–Crippen MR) is 87.2 cm³/mol. The molecule has 23 heavy (non-hydrogen) atoms. The average molecular weight is 337 g/mol. The van der Waals surface area contributed by atoms with Gasteiger partial charge >= 0.3 is 0 Å². The monoisotopic (exact) mass is 336 g/mol. The molecule has 124 valence electrons. The number of hydrogen-bond donors (Lipinski definition) is 1. The van der Waals surface area contributed by atoms with Gasteiger partial charge in [-0.1, -0.05) is 23.7 Å². The molecule has 1 aromatic carbocycles. The molecule has 1 saturated heterocycles. The highest BCUT2D eigenvalue weighted by Gasteiger charge is 2.57. The number of amides is 2. The second kappa shape index (κ2) is 6.89. The Labute approximate surface area is 140 Å². The quantitative estimate of drug-likeness (QED) is 0.832. The molecule has 1 saturated carbocycles. The molecule has 0 bridgehead atoms. The summed E-state index contributed by atoms with van der Waals surface area (Å²) in [5, 5.41) is 3.60. The third kappa shape index (κ3) is 3.67. The normalized spacial score (nSPS) is 19.3. The standard InChI is InChI=1S/C17H21ClN2O3/c18-14-3-1-2-13(12-14)4-7-19-15(21)17(5-6-17)16(22)20-8-10-23-11-9-20/h1-3,12H,4-11H2,(H,19,21). The van der Waals surface area contributed by atoms with E-state index in [1.54, 1.807) is 4.90 Å². The number of morpholine rings is 1. The van der Waals surface area contributed by atoms with E-state index < -0.39 is 5.41 Å². The summed E-state index contributed by atoms with van der Waals surface area (Å²) in [4.78, 5) is 26.8. The third-order valence-electron chi connectivity index (χ3n) is 4.48. The van der Waals surface area contributed by atoms with Crippen molar-refractivity contribution in [2.75, 3.05) is 32.8 Å². The first-order valence-corrected chi connectivity index (χ1v) is 8.39. The number of hydrogen-bond acceptors (Lipinski definition) is 3. The number of carbonyl (C=O) groups excluding carboxylic acids is 2. The first-order valence-electron chi connectivity index (χ1n) is 8.02. The molecule has 6 heteroatoms. The molecule has 0 unspecified atom stereocenters. The number of halogens is 1. The van der Waals surface area contributed by atoms with Crippen molar-refractivity contribution >= 4 is 23.4 Å². The van der Waals surface area contributed by atoms with Gasteiger partial charge in [0.05, 0.1) is 13.2 Å². The molecule has 1 aliphatic carbocycles. The SMILES string of the molecule is O=C(NCCc1cccc(Cl)c1)C1(C(=O)N2CCOCC2)CC1. The van der Waals surface area contributed by atoms with Crippen molar-refractivity contribution < 1.29 is 14.3 Å². The van der Waals surface area contributed by atoms with Gasteiger partial charge in [-0.2, -0.15) is 0 Å². The lowest BCUT2D eigenvalue weighted by molar-refractivity contribution is -0.147. The summed E-state index contributed by atoms with van der Waals surface area (Å²) in [6.07, 6.45) is 1.99. The van der Waals surface area contributed by atoms with Gasteiger partial charge in [-0.05, 0) is 37.0 Å². The van der Waals surface area contributed by atoms with E-state index in [0.717, 1.165) is 5.56 Å². The Morgan fingerprint density at radius 3 is 2.65 bits per heavy atom. The maximum absolute atomic E-state index is 12.6. The van der Waals surface area contributed by atoms with Gasteiger partial charge < -0.3 is 15.0 Å². The van der Waals surface area contributed by atoms with Crippen LogP contribution in [-0.2, 0) is 20.7 Å². The van der Waals surface area contributed by atoms with Gasteiger partial charge in [0, 0.05) is 24.7 Å². The molecule has 1 aliphatic heterocycles. The van der Waals surface area contributed by atoms with Gasteiger partial charge in [-0.3, -0.25) is 9.59 Å². The second-order valence-electron chi connectivity index (χ2n) is 6.12. The number of benzene rings is 1. The topological polar surface area (TPSA) is 58.6 Å². The minimum absolute atomic E-state index is 0.0407. The molecule has 2 aliphatic rings. The van der Waals surface area contributed by atoms with Crippen LogP contribution >= 0.6 is 11.6 Å². The first kappa shape index (κ1) is 16.3. The fourth-order valence-electron chi connectivity index (χ4n) is 2.91. The summed E-state index contributed by atoms with van der Waals surface area (Å²) in [5.74, 6) is -0.183. The lowest BCUT2D eigenvalue weighted by atomic mass is 10.0. The smallest absolute Gasteiger partial charge is 0.238 e. The van der Waals surface area contributed by atoms with Crippen molar-refractivity contribution in [3.63, 3.8) is 0 Å². The molecule has 2 amide bonds. The molecule has 1 aromatic rings. The van der Waals surface area contributed by atoms with E-state index >= 15 is 0 Å². The van der Waals surface area contributed by atoms with E-state index in [1.165, 1.54) is 0 Å². The van der Waals surface area contributed by atoms with Crippen LogP contribution in [0.5, 0.6) is 0 Å². The van der Waals surface area contributed by atoms with Crippen molar-refractivity contribution in [1.82, 2.24) is 10.2 Å². The lowest BCUT2D eigenvalue weighted by Gasteiger charge is -2.30. The summed E-state index contributed by atoms with van der Waals surface area (Å²) in [6.45, 7) is 2.78. The number of rotatable bonds is 5. The van der Waals surface area contributed by atoms with Gasteiger partial charge in [-0.15, -0.1) is 0 Å². The third-order valence-corrected chi connectivity index (χ3v) is 4.72. The van der Waals surface area contributed by atoms with Crippen LogP contribution in [0.15, 0.2) is 24.3 Å². The summed E-state index contributed by atoms with van der Waals surface area (Å²) in [6, 6.07) is 7.58. The predicted octanol–water partition coefficient (Wildman–Crippen LogP) is 1.64. The fourth-order valence-corrected chi connectivity index (χ4v) is 3.13. The molecule has 3 rings (SSSR count). The zero-order valence-electron chi connectivity index (χ0n) is 13.0. The molecule has 1 heterocycles. The van der Waals surface area contributed by atoms with Crippen LogP contribution in [0.25, 0.3) is 0 Å². The molecular formula is C17H21ClN2O3. The van der Waals surface area contributed by atoms with Crippen molar-refractivity contribution in [2.45, 2.75) is 19.3 Å². The van der Waals surface area contributed by atoms with Crippen LogP contribution in [0.4, 0.5) is 0 Å². The number of nitrogens with one attached hydrogen (secondary N) is 1. The Bertz CT molecular complexity index is 595. The average Bonchev–Trinajstić information content (AvgIpc) is 3.37. The molecule has 2 fully saturated rings. The highest BCUT2D eigenvalue weighted by atomic mass is 35.5. The summed E-state index contributed by atoms with van der Waals surface area (Å²) < 4.78 is 5.26. The number of ether oxygens (including phenoxy) is 1. The van der Waals surface area contributed by atoms with E-state index in [1.807, 2.05) is 24.3 Å². The molecule has 1 N–H and O–H groups in total. The van der Waals surface area contributed by atoms with Crippen LogP contribution in [-0.4, -0.2) is 49.6 Å². The number of carbonyl (C=O) groups is 2. The zero-order chi connectivity index (χ0) is 16.3. The van der Waals surface area contributed by atoms with Gasteiger partial charge in [0.2, 0.25) is 11.8 Å².